The third-order valence-electron chi connectivity index (χ3n) is 2.21. The molecule has 1 aromatic heterocycles. The summed E-state index contributed by atoms with van der Waals surface area (Å²) in [5.41, 5.74) is 1.04. The van der Waals surface area contributed by atoms with Gasteiger partial charge >= 0.3 is 6.09 Å². The predicted octanol–water partition coefficient (Wildman–Crippen LogP) is 0.603. The lowest BCUT2D eigenvalue weighted by Crippen LogP contribution is -2.31. The van der Waals surface area contributed by atoms with Gasteiger partial charge in [0.05, 0.1) is 0 Å². The first-order valence-electron chi connectivity index (χ1n) is 4.63. The van der Waals surface area contributed by atoms with Gasteiger partial charge in [0.1, 0.15) is 0 Å². The fourth-order valence-electron chi connectivity index (χ4n) is 1.39. The fourth-order valence-corrected chi connectivity index (χ4v) is 1.39. The summed E-state index contributed by atoms with van der Waals surface area (Å²) in [7, 11) is 0. The molecule has 0 saturated carbocycles. The molecule has 1 aromatic rings. The van der Waals surface area contributed by atoms with Gasteiger partial charge in [0.15, 0.2) is 6.61 Å². The maximum absolute atomic E-state index is 11.2. The molecule has 2 rings (SSSR count). The number of carbonyl (C=O) groups excluding carboxylic acids is 2. The van der Waals surface area contributed by atoms with Crippen LogP contribution in [0.3, 0.4) is 0 Å². The maximum atomic E-state index is 11.2. The summed E-state index contributed by atoms with van der Waals surface area (Å²) in [6, 6.07) is 3.71. The summed E-state index contributed by atoms with van der Waals surface area (Å²) in [5.74, 6) is -0.269. The number of nitrogens with zero attached hydrogens (tertiary/aromatic N) is 2. The molecule has 1 saturated heterocycles. The van der Waals surface area contributed by atoms with Gasteiger partial charge in [-0.2, -0.15) is 0 Å². The summed E-state index contributed by atoms with van der Waals surface area (Å²) < 4.78 is 4.59. The zero-order valence-corrected chi connectivity index (χ0v) is 8.05. The van der Waals surface area contributed by atoms with Gasteiger partial charge in [-0.15, -0.1) is 0 Å². The van der Waals surface area contributed by atoms with E-state index in [2.05, 4.69) is 9.72 Å². The lowest BCUT2D eigenvalue weighted by Gasteiger charge is -2.09. The molecule has 0 unspecified atom stereocenters. The molecule has 0 aliphatic carbocycles. The summed E-state index contributed by atoms with van der Waals surface area (Å²) in [6.45, 7) is 0.233. The number of hydrogen-bond acceptors (Lipinski definition) is 4. The average Bonchev–Trinajstić information content (AvgIpc) is 2.58. The molecule has 0 N–H and O–H groups in total. The van der Waals surface area contributed by atoms with E-state index in [4.69, 9.17) is 0 Å². The Kier molecular flexibility index (Phi) is 2.62. The fraction of sp³-hybridized carbons (Fsp3) is 0.300. The van der Waals surface area contributed by atoms with Gasteiger partial charge in [0, 0.05) is 18.9 Å². The van der Waals surface area contributed by atoms with Crippen molar-refractivity contribution in [3.8, 4) is 0 Å². The zero-order valence-electron chi connectivity index (χ0n) is 8.05. The minimum Gasteiger partial charge on any atom is -0.439 e. The SMILES string of the molecule is O=C1COC(=O)N1CCc1ccncc1. The second-order valence-electron chi connectivity index (χ2n) is 3.21. The molecule has 5 heteroatoms. The Morgan fingerprint density at radius 2 is 2.07 bits per heavy atom. The number of carbonyl (C=O) groups is 2. The van der Waals surface area contributed by atoms with E-state index in [0.29, 0.717) is 13.0 Å². The van der Waals surface area contributed by atoms with Crippen LogP contribution >= 0.6 is 0 Å². The van der Waals surface area contributed by atoms with E-state index in [0.717, 1.165) is 10.5 Å². The number of rotatable bonds is 3. The highest BCUT2D eigenvalue weighted by molar-refractivity contribution is 5.97. The molecular weight excluding hydrogens is 196 g/mol. The molecule has 1 aliphatic heterocycles. The summed E-state index contributed by atoms with van der Waals surface area (Å²) in [6.07, 6.45) is 3.44. The van der Waals surface area contributed by atoms with Crippen molar-refractivity contribution in [2.75, 3.05) is 13.2 Å². The molecule has 1 aliphatic rings. The van der Waals surface area contributed by atoms with Crippen molar-refractivity contribution in [2.45, 2.75) is 6.42 Å². The second-order valence-corrected chi connectivity index (χ2v) is 3.21. The van der Waals surface area contributed by atoms with Crippen molar-refractivity contribution >= 4 is 12.0 Å². The topological polar surface area (TPSA) is 59.5 Å². The van der Waals surface area contributed by atoms with Gasteiger partial charge < -0.3 is 4.74 Å². The van der Waals surface area contributed by atoms with E-state index in [1.165, 1.54) is 0 Å². The quantitative estimate of drug-likeness (QED) is 0.726. The smallest absolute Gasteiger partial charge is 0.417 e. The van der Waals surface area contributed by atoms with E-state index in [9.17, 15) is 9.59 Å². The lowest BCUT2D eigenvalue weighted by molar-refractivity contribution is -0.125. The first-order valence-corrected chi connectivity index (χ1v) is 4.63. The second kappa shape index (κ2) is 4.08. The van der Waals surface area contributed by atoms with Crippen molar-refractivity contribution in [1.82, 2.24) is 9.88 Å². The molecule has 0 radical (unpaired) electrons. The Morgan fingerprint density at radius 1 is 1.33 bits per heavy atom. The number of cyclic esters (lactones) is 1. The molecule has 5 nitrogen and oxygen atoms in total. The summed E-state index contributed by atoms with van der Waals surface area (Å²) in [4.78, 5) is 27.3. The van der Waals surface area contributed by atoms with Gasteiger partial charge in [0.25, 0.3) is 5.91 Å². The number of pyridine rings is 1. The van der Waals surface area contributed by atoms with Gasteiger partial charge in [-0.1, -0.05) is 0 Å². The molecule has 78 valence electrons. The number of ether oxygens (including phenoxy) is 1. The third-order valence-corrected chi connectivity index (χ3v) is 2.21. The molecular formula is C10H10N2O3. The molecule has 0 aromatic carbocycles. The number of aromatic nitrogens is 1. The van der Waals surface area contributed by atoms with Crippen LogP contribution in [0, 0.1) is 0 Å². The minimum atomic E-state index is -0.547. The van der Waals surface area contributed by atoms with Crippen LogP contribution in [0.5, 0.6) is 0 Å². The minimum absolute atomic E-state index is 0.130. The zero-order chi connectivity index (χ0) is 10.7. The third kappa shape index (κ3) is 2.12. The van der Waals surface area contributed by atoms with Crippen LogP contribution in [0.15, 0.2) is 24.5 Å². The van der Waals surface area contributed by atoms with Crippen LogP contribution in [-0.4, -0.2) is 35.0 Å². The summed E-state index contributed by atoms with van der Waals surface area (Å²) >= 11 is 0. The van der Waals surface area contributed by atoms with E-state index >= 15 is 0 Å². The normalized spacial score (nSPS) is 15.6. The lowest BCUT2D eigenvalue weighted by atomic mass is 10.2. The predicted molar refractivity (Wildman–Crippen MR) is 51.0 cm³/mol. The Balaban J connectivity index is 1.93. The molecule has 0 bridgehead atoms. The van der Waals surface area contributed by atoms with Crippen LogP contribution < -0.4 is 0 Å². The van der Waals surface area contributed by atoms with Crippen molar-refractivity contribution < 1.29 is 14.3 Å². The van der Waals surface area contributed by atoms with Crippen molar-refractivity contribution in [3.05, 3.63) is 30.1 Å². The molecule has 1 fully saturated rings. The van der Waals surface area contributed by atoms with Crippen LogP contribution in [0.4, 0.5) is 4.79 Å². The monoisotopic (exact) mass is 206 g/mol. The van der Waals surface area contributed by atoms with E-state index in [-0.39, 0.29) is 12.5 Å². The number of hydrogen-bond donors (Lipinski definition) is 0. The number of amides is 2. The van der Waals surface area contributed by atoms with Crippen LogP contribution in [0.25, 0.3) is 0 Å². The van der Waals surface area contributed by atoms with E-state index < -0.39 is 6.09 Å². The van der Waals surface area contributed by atoms with Crippen molar-refractivity contribution in [3.63, 3.8) is 0 Å². The highest BCUT2D eigenvalue weighted by Crippen LogP contribution is 2.07. The highest BCUT2D eigenvalue weighted by atomic mass is 16.6. The largest absolute Gasteiger partial charge is 0.439 e. The summed E-state index contributed by atoms with van der Waals surface area (Å²) in [5, 5.41) is 0. The van der Waals surface area contributed by atoms with Gasteiger partial charge in [-0.3, -0.25) is 9.78 Å². The average molecular weight is 206 g/mol. The molecule has 0 spiro atoms. The first-order chi connectivity index (χ1) is 7.27. The maximum Gasteiger partial charge on any atom is 0.417 e. The van der Waals surface area contributed by atoms with Gasteiger partial charge in [0.2, 0.25) is 0 Å². The van der Waals surface area contributed by atoms with Crippen LogP contribution in [-0.2, 0) is 16.0 Å². The first kappa shape index (κ1) is 9.64. The van der Waals surface area contributed by atoms with E-state index in [1.54, 1.807) is 12.4 Å². The van der Waals surface area contributed by atoms with Crippen molar-refractivity contribution in [1.29, 1.82) is 0 Å². The Labute approximate surface area is 86.7 Å². The van der Waals surface area contributed by atoms with Crippen molar-refractivity contribution in [2.24, 2.45) is 0 Å². The Bertz CT molecular complexity index is 362. The molecule has 2 amide bonds. The molecule has 15 heavy (non-hydrogen) atoms. The van der Waals surface area contributed by atoms with Crippen LogP contribution in [0.1, 0.15) is 5.56 Å². The van der Waals surface area contributed by atoms with E-state index in [1.807, 2.05) is 12.1 Å². The highest BCUT2D eigenvalue weighted by Gasteiger charge is 2.30. The molecule has 2 heterocycles. The Morgan fingerprint density at radius 3 is 2.67 bits per heavy atom. The standard InChI is InChI=1S/C10H10N2O3/c13-9-7-15-10(14)12(9)6-3-8-1-4-11-5-2-8/h1-2,4-5H,3,6-7H2. The Hall–Kier alpha value is -1.91. The van der Waals surface area contributed by atoms with Crippen LogP contribution in [0.2, 0.25) is 0 Å². The number of imide groups is 1. The van der Waals surface area contributed by atoms with Gasteiger partial charge in [-0.05, 0) is 24.1 Å². The molecule has 0 atom stereocenters. The van der Waals surface area contributed by atoms with Gasteiger partial charge in [-0.25, -0.2) is 9.69 Å².